The summed E-state index contributed by atoms with van der Waals surface area (Å²) in [7, 11) is -3.82. The number of ether oxygens (including phenoxy) is 2. The maximum atomic E-state index is 13.7. The van der Waals surface area contributed by atoms with Gasteiger partial charge in [0.2, 0.25) is 16.8 Å². The fourth-order valence-corrected chi connectivity index (χ4v) is 3.58. The lowest BCUT2D eigenvalue weighted by Crippen LogP contribution is -2.16. The molecule has 1 heterocycles. The number of anilines is 1. The van der Waals surface area contributed by atoms with Crippen molar-refractivity contribution in [3.05, 3.63) is 52.8 Å². The first-order chi connectivity index (χ1) is 10.4. The van der Waals surface area contributed by atoms with E-state index >= 15 is 0 Å². The fraction of sp³-hybridized carbons (Fsp3) is 0.143. The molecule has 0 spiro atoms. The van der Waals surface area contributed by atoms with Crippen LogP contribution in [0.25, 0.3) is 0 Å². The molecule has 8 heteroatoms. The molecule has 0 unspecified atom stereocenters. The molecule has 3 rings (SSSR count). The maximum absolute atomic E-state index is 13.7. The summed E-state index contributed by atoms with van der Waals surface area (Å²) in [4.78, 5) is 0. The summed E-state index contributed by atoms with van der Waals surface area (Å²) in [5, 5.41) is 0.0658. The SMILES string of the molecule is O=S(=O)(Cc1c(F)cccc1Cl)Nc1ccc2c(c1)OCO2. The zero-order valence-corrected chi connectivity index (χ0v) is 12.7. The van der Waals surface area contributed by atoms with Crippen LogP contribution in [0.15, 0.2) is 36.4 Å². The minimum atomic E-state index is -3.82. The van der Waals surface area contributed by atoms with Crippen molar-refractivity contribution in [2.45, 2.75) is 5.75 Å². The molecule has 5 nitrogen and oxygen atoms in total. The number of sulfonamides is 1. The molecule has 0 saturated heterocycles. The van der Waals surface area contributed by atoms with Gasteiger partial charge in [0, 0.05) is 16.7 Å². The number of halogens is 2. The van der Waals surface area contributed by atoms with E-state index in [4.69, 9.17) is 21.1 Å². The molecule has 0 atom stereocenters. The van der Waals surface area contributed by atoms with Gasteiger partial charge in [0.25, 0.3) is 0 Å². The molecule has 116 valence electrons. The molecule has 2 aromatic rings. The van der Waals surface area contributed by atoms with Crippen LogP contribution in [0.1, 0.15) is 5.56 Å². The van der Waals surface area contributed by atoms with Gasteiger partial charge in [-0.2, -0.15) is 0 Å². The summed E-state index contributed by atoms with van der Waals surface area (Å²) in [5.74, 6) is -0.236. The van der Waals surface area contributed by atoms with Crippen LogP contribution in [0.2, 0.25) is 5.02 Å². The highest BCUT2D eigenvalue weighted by atomic mass is 35.5. The van der Waals surface area contributed by atoms with Crippen LogP contribution in [-0.4, -0.2) is 15.2 Å². The third kappa shape index (κ3) is 3.10. The van der Waals surface area contributed by atoms with E-state index in [0.29, 0.717) is 17.2 Å². The van der Waals surface area contributed by atoms with Gasteiger partial charge in [0.15, 0.2) is 11.5 Å². The predicted octanol–water partition coefficient (Wildman–Crippen LogP) is 3.15. The van der Waals surface area contributed by atoms with Crippen LogP contribution < -0.4 is 14.2 Å². The Labute approximate surface area is 131 Å². The molecule has 0 amide bonds. The first-order valence-corrected chi connectivity index (χ1v) is 8.31. The van der Waals surface area contributed by atoms with Gasteiger partial charge < -0.3 is 9.47 Å². The van der Waals surface area contributed by atoms with Gasteiger partial charge in [-0.15, -0.1) is 0 Å². The van der Waals surface area contributed by atoms with E-state index in [0.717, 1.165) is 6.07 Å². The van der Waals surface area contributed by atoms with Crippen LogP contribution in [0, 0.1) is 5.82 Å². The summed E-state index contributed by atoms with van der Waals surface area (Å²) in [5.41, 5.74) is 0.231. The largest absolute Gasteiger partial charge is 0.454 e. The first kappa shape index (κ1) is 14.9. The predicted molar refractivity (Wildman–Crippen MR) is 80.2 cm³/mol. The molecule has 2 aromatic carbocycles. The van der Waals surface area contributed by atoms with Crippen molar-refractivity contribution >= 4 is 27.3 Å². The lowest BCUT2D eigenvalue weighted by atomic mass is 10.2. The van der Waals surface area contributed by atoms with Crippen LogP contribution in [0.3, 0.4) is 0 Å². The number of fused-ring (bicyclic) bond motifs is 1. The second-order valence-corrected chi connectivity index (χ2v) is 6.76. The fourth-order valence-electron chi connectivity index (χ4n) is 2.04. The zero-order valence-electron chi connectivity index (χ0n) is 11.2. The molecule has 1 aliphatic heterocycles. The lowest BCUT2D eigenvalue weighted by Gasteiger charge is -2.10. The van der Waals surface area contributed by atoms with Crippen molar-refractivity contribution in [2.24, 2.45) is 0 Å². The second-order valence-electron chi connectivity index (χ2n) is 4.63. The Morgan fingerprint density at radius 2 is 1.95 bits per heavy atom. The van der Waals surface area contributed by atoms with Crippen LogP contribution in [0.4, 0.5) is 10.1 Å². The third-order valence-electron chi connectivity index (χ3n) is 3.04. The molecule has 0 aliphatic carbocycles. The van der Waals surface area contributed by atoms with Gasteiger partial charge in [0.1, 0.15) is 5.82 Å². The van der Waals surface area contributed by atoms with E-state index in [9.17, 15) is 12.8 Å². The average Bonchev–Trinajstić information content (AvgIpc) is 2.90. The Kier molecular flexibility index (Phi) is 3.84. The average molecular weight is 344 g/mol. The summed E-state index contributed by atoms with van der Waals surface area (Å²) < 4.78 is 50.7. The molecule has 1 N–H and O–H groups in total. The topological polar surface area (TPSA) is 64.6 Å². The van der Waals surface area contributed by atoms with E-state index < -0.39 is 21.6 Å². The smallest absolute Gasteiger partial charge is 0.237 e. The maximum Gasteiger partial charge on any atom is 0.237 e. The highest BCUT2D eigenvalue weighted by Gasteiger charge is 2.19. The van der Waals surface area contributed by atoms with Crippen molar-refractivity contribution in [2.75, 3.05) is 11.5 Å². The summed E-state index contributed by atoms with van der Waals surface area (Å²) in [6.45, 7) is 0.0936. The van der Waals surface area contributed by atoms with Crippen LogP contribution in [0.5, 0.6) is 11.5 Å². The minimum absolute atomic E-state index is 0.0658. The Morgan fingerprint density at radius 1 is 1.18 bits per heavy atom. The quantitative estimate of drug-likeness (QED) is 0.926. The number of hydrogen-bond acceptors (Lipinski definition) is 4. The monoisotopic (exact) mass is 343 g/mol. The second kappa shape index (κ2) is 5.66. The van der Waals surface area contributed by atoms with Crippen molar-refractivity contribution in [1.29, 1.82) is 0 Å². The molecular weight excluding hydrogens is 333 g/mol. The molecule has 0 saturated carbocycles. The van der Waals surface area contributed by atoms with Crippen molar-refractivity contribution in [3.8, 4) is 11.5 Å². The summed E-state index contributed by atoms with van der Waals surface area (Å²) in [6, 6.07) is 8.65. The van der Waals surface area contributed by atoms with E-state index in [1.54, 1.807) is 6.07 Å². The van der Waals surface area contributed by atoms with Gasteiger partial charge in [-0.1, -0.05) is 17.7 Å². The van der Waals surface area contributed by atoms with E-state index in [1.165, 1.54) is 24.3 Å². The highest BCUT2D eigenvalue weighted by molar-refractivity contribution is 7.91. The van der Waals surface area contributed by atoms with Crippen LogP contribution >= 0.6 is 11.6 Å². The third-order valence-corrected chi connectivity index (χ3v) is 4.61. The lowest BCUT2D eigenvalue weighted by molar-refractivity contribution is 0.174. The van der Waals surface area contributed by atoms with Gasteiger partial charge in [-0.25, -0.2) is 12.8 Å². The number of nitrogens with one attached hydrogen (secondary N) is 1. The Bertz CT molecular complexity index is 805. The van der Waals surface area contributed by atoms with E-state index in [1.807, 2.05) is 0 Å². The molecule has 0 radical (unpaired) electrons. The van der Waals surface area contributed by atoms with Gasteiger partial charge in [-0.3, -0.25) is 4.72 Å². The van der Waals surface area contributed by atoms with Gasteiger partial charge in [-0.05, 0) is 24.3 Å². The molecule has 0 bridgehead atoms. The number of benzene rings is 2. The standard InChI is InChI=1S/C14H11ClFNO4S/c15-11-2-1-3-12(16)10(11)7-22(18,19)17-9-4-5-13-14(6-9)21-8-20-13/h1-6,17H,7-8H2. The Morgan fingerprint density at radius 3 is 2.73 bits per heavy atom. The van der Waals surface area contributed by atoms with Crippen molar-refractivity contribution < 1.29 is 22.3 Å². The normalized spacial score (nSPS) is 13.2. The summed E-state index contributed by atoms with van der Waals surface area (Å²) in [6.07, 6.45) is 0. The Hall–Kier alpha value is -1.99. The highest BCUT2D eigenvalue weighted by Crippen LogP contribution is 2.34. The van der Waals surface area contributed by atoms with Crippen LogP contribution in [-0.2, 0) is 15.8 Å². The van der Waals surface area contributed by atoms with Crippen molar-refractivity contribution in [3.63, 3.8) is 0 Å². The number of rotatable bonds is 4. The van der Waals surface area contributed by atoms with E-state index in [-0.39, 0.29) is 17.4 Å². The van der Waals surface area contributed by atoms with Gasteiger partial charge in [0.05, 0.1) is 11.4 Å². The summed E-state index contributed by atoms with van der Waals surface area (Å²) >= 11 is 5.85. The van der Waals surface area contributed by atoms with Crippen molar-refractivity contribution in [1.82, 2.24) is 0 Å². The first-order valence-electron chi connectivity index (χ1n) is 6.28. The minimum Gasteiger partial charge on any atom is -0.454 e. The van der Waals surface area contributed by atoms with E-state index in [2.05, 4.69) is 4.72 Å². The molecule has 0 fully saturated rings. The zero-order chi connectivity index (χ0) is 15.7. The molecule has 0 aromatic heterocycles. The molecular formula is C14H11ClFNO4S. The molecule has 1 aliphatic rings. The number of hydrogen-bond donors (Lipinski definition) is 1. The molecule has 22 heavy (non-hydrogen) atoms. The Balaban J connectivity index is 1.82. The van der Waals surface area contributed by atoms with Gasteiger partial charge >= 0.3 is 0 Å².